The van der Waals surface area contributed by atoms with Crippen molar-refractivity contribution in [1.29, 1.82) is 0 Å². The molecule has 2 N–H and O–H groups in total. The molecule has 1 fully saturated rings. The van der Waals surface area contributed by atoms with Crippen LogP contribution >= 0.6 is 0 Å². The monoisotopic (exact) mass is 425 g/mol. The van der Waals surface area contributed by atoms with Gasteiger partial charge < -0.3 is 19.7 Å². The lowest BCUT2D eigenvalue weighted by Crippen LogP contribution is -2.63. The molecule has 0 aromatic heterocycles. The quantitative estimate of drug-likeness (QED) is 0.451. The van der Waals surface area contributed by atoms with Crippen LogP contribution in [0, 0.1) is 0 Å². The molecule has 1 saturated heterocycles. The number of hydrogen-bond donors (Lipinski definition) is 2. The summed E-state index contributed by atoms with van der Waals surface area (Å²) >= 11 is 0. The molecule has 0 saturated carbocycles. The molecule has 0 aliphatic carbocycles. The maximum Gasteiger partial charge on any atom is 0.412 e. The van der Waals surface area contributed by atoms with E-state index >= 15 is 0 Å². The van der Waals surface area contributed by atoms with E-state index in [0.29, 0.717) is 51.3 Å². The summed E-state index contributed by atoms with van der Waals surface area (Å²) in [7, 11) is 0. The summed E-state index contributed by atoms with van der Waals surface area (Å²) in [5.41, 5.74) is 0.611. The molecule has 2 aromatic carbocycles. The normalized spacial score (nSPS) is 16.2. The van der Waals surface area contributed by atoms with E-state index in [1.165, 1.54) is 0 Å². The van der Waals surface area contributed by atoms with Gasteiger partial charge in [0.2, 0.25) is 6.41 Å². The highest BCUT2D eigenvalue weighted by molar-refractivity contribution is 5.70. The van der Waals surface area contributed by atoms with Gasteiger partial charge in [0.25, 0.3) is 0 Å². The van der Waals surface area contributed by atoms with Crippen molar-refractivity contribution in [3.63, 3.8) is 0 Å². The molecule has 2 amide bonds. The highest BCUT2D eigenvalue weighted by Gasteiger charge is 2.38. The highest BCUT2D eigenvalue weighted by atomic mass is 16.6. The van der Waals surface area contributed by atoms with E-state index in [9.17, 15) is 9.59 Å². The molecule has 1 atom stereocenters. The molecule has 0 bridgehead atoms. The van der Waals surface area contributed by atoms with Crippen LogP contribution in [0.15, 0.2) is 60.7 Å². The molecule has 1 heterocycles. The summed E-state index contributed by atoms with van der Waals surface area (Å²) in [5, 5.41) is 6.44. The Balaban J connectivity index is 1.54. The molecule has 3 rings (SSSR count). The molecule has 0 spiro atoms. The molecule has 0 unspecified atom stereocenters. The molecule has 166 valence electrons. The van der Waals surface area contributed by atoms with Gasteiger partial charge in [0, 0.05) is 32.0 Å². The Morgan fingerprint density at radius 1 is 1.13 bits per heavy atom. The highest BCUT2D eigenvalue weighted by Crippen LogP contribution is 2.27. The predicted molar refractivity (Wildman–Crippen MR) is 119 cm³/mol. The number of nitrogens with one attached hydrogen (secondary N) is 2. The minimum absolute atomic E-state index is 0.0772. The summed E-state index contributed by atoms with van der Waals surface area (Å²) < 4.78 is 10.8. The standard InChI is InChI=1S/C24H31N3O4/c1-20(12-15-25-23(29)31-22-10-6-3-7-11-22)26-24(13-16-30-17-14-24)27(19-28)18-21-8-4-2-5-9-21/h2-11,19-20,26H,12-18H2,1H3,(H,25,29)/t20-/m1/s1. The second-order valence-electron chi connectivity index (χ2n) is 7.83. The van der Waals surface area contributed by atoms with E-state index in [0.717, 1.165) is 12.0 Å². The van der Waals surface area contributed by atoms with Gasteiger partial charge in [-0.1, -0.05) is 48.5 Å². The molecule has 0 radical (unpaired) electrons. The zero-order chi connectivity index (χ0) is 21.9. The van der Waals surface area contributed by atoms with Crippen molar-refractivity contribution in [1.82, 2.24) is 15.5 Å². The number of rotatable bonds is 10. The van der Waals surface area contributed by atoms with Crippen LogP contribution in [0.4, 0.5) is 4.79 Å². The van der Waals surface area contributed by atoms with Crippen molar-refractivity contribution >= 4 is 12.5 Å². The third-order valence-corrected chi connectivity index (χ3v) is 5.51. The summed E-state index contributed by atoms with van der Waals surface area (Å²) in [6.45, 7) is 4.26. The van der Waals surface area contributed by atoms with Crippen LogP contribution in [0.25, 0.3) is 0 Å². The first-order chi connectivity index (χ1) is 15.1. The van der Waals surface area contributed by atoms with E-state index in [4.69, 9.17) is 9.47 Å². The number of carbonyl (C=O) groups excluding carboxylic acids is 2. The Morgan fingerprint density at radius 2 is 1.77 bits per heavy atom. The van der Waals surface area contributed by atoms with Crippen LogP contribution in [-0.4, -0.2) is 48.9 Å². The average molecular weight is 426 g/mol. The predicted octanol–water partition coefficient (Wildman–Crippen LogP) is 3.31. The van der Waals surface area contributed by atoms with Gasteiger partial charge in [-0.15, -0.1) is 0 Å². The fourth-order valence-corrected chi connectivity index (χ4v) is 3.85. The van der Waals surface area contributed by atoms with Crippen LogP contribution in [0.5, 0.6) is 5.75 Å². The molecule has 1 aliphatic rings. The number of carbonyl (C=O) groups is 2. The lowest BCUT2D eigenvalue weighted by atomic mass is 9.95. The van der Waals surface area contributed by atoms with Crippen LogP contribution in [0.3, 0.4) is 0 Å². The molecule has 1 aliphatic heterocycles. The zero-order valence-electron chi connectivity index (χ0n) is 18.0. The van der Waals surface area contributed by atoms with Gasteiger partial charge in [-0.25, -0.2) is 4.79 Å². The van der Waals surface area contributed by atoms with E-state index in [1.54, 1.807) is 12.1 Å². The molecule has 7 heteroatoms. The molecular weight excluding hydrogens is 394 g/mol. The topological polar surface area (TPSA) is 79.9 Å². The number of benzene rings is 2. The lowest BCUT2D eigenvalue weighted by molar-refractivity contribution is -0.133. The van der Waals surface area contributed by atoms with E-state index < -0.39 is 11.8 Å². The van der Waals surface area contributed by atoms with E-state index in [2.05, 4.69) is 17.6 Å². The third-order valence-electron chi connectivity index (χ3n) is 5.51. The number of para-hydroxylation sites is 1. The fraction of sp³-hybridized carbons (Fsp3) is 0.417. The van der Waals surface area contributed by atoms with E-state index in [1.807, 2.05) is 53.4 Å². The summed E-state index contributed by atoms with van der Waals surface area (Å²) in [6.07, 6.45) is 2.58. The molecular formula is C24H31N3O4. The number of ether oxygens (including phenoxy) is 2. The van der Waals surface area contributed by atoms with Gasteiger partial charge in [-0.3, -0.25) is 10.1 Å². The van der Waals surface area contributed by atoms with Gasteiger partial charge in [-0.05, 0) is 31.0 Å². The third kappa shape index (κ3) is 6.80. The van der Waals surface area contributed by atoms with Crippen molar-refractivity contribution in [3.05, 3.63) is 66.2 Å². The maximum atomic E-state index is 12.0. The SMILES string of the molecule is C[C@H](CCNC(=O)Oc1ccccc1)NC1(N(C=O)Cc2ccccc2)CCOCC1. The van der Waals surface area contributed by atoms with E-state index in [-0.39, 0.29) is 6.04 Å². The molecule has 2 aromatic rings. The van der Waals surface area contributed by atoms with Crippen LogP contribution in [0.2, 0.25) is 0 Å². The summed E-state index contributed by atoms with van der Waals surface area (Å²) in [4.78, 5) is 25.9. The first kappa shape index (κ1) is 22.8. The van der Waals surface area contributed by atoms with Gasteiger partial charge in [0.05, 0.1) is 18.9 Å². The molecule has 31 heavy (non-hydrogen) atoms. The van der Waals surface area contributed by atoms with Crippen LogP contribution < -0.4 is 15.4 Å². The second kappa shape index (κ2) is 11.5. The smallest absolute Gasteiger partial charge is 0.410 e. The van der Waals surface area contributed by atoms with Crippen molar-refractivity contribution in [3.8, 4) is 5.75 Å². The summed E-state index contributed by atoms with van der Waals surface area (Å²) in [6, 6.07) is 19.0. The lowest BCUT2D eigenvalue weighted by Gasteiger charge is -2.46. The Morgan fingerprint density at radius 3 is 2.42 bits per heavy atom. The van der Waals surface area contributed by atoms with Crippen LogP contribution in [-0.2, 0) is 16.1 Å². The fourth-order valence-electron chi connectivity index (χ4n) is 3.85. The number of amides is 2. The second-order valence-corrected chi connectivity index (χ2v) is 7.83. The van der Waals surface area contributed by atoms with Crippen LogP contribution in [0.1, 0.15) is 31.7 Å². The van der Waals surface area contributed by atoms with Crippen molar-refractivity contribution < 1.29 is 19.1 Å². The first-order valence-electron chi connectivity index (χ1n) is 10.7. The Hall–Kier alpha value is -2.90. The van der Waals surface area contributed by atoms with Crippen molar-refractivity contribution in [2.24, 2.45) is 0 Å². The van der Waals surface area contributed by atoms with Crippen molar-refractivity contribution in [2.45, 2.75) is 44.4 Å². The largest absolute Gasteiger partial charge is 0.412 e. The Labute approximate surface area is 183 Å². The number of nitrogens with zero attached hydrogens (tertiary/aromatic N) is 1. The van der Waals surface area contributed by atoms with Gasteiger partial charge in [0.1, 0.15) is 5.75 Å². The maximum absolute atomic E-state index is 12.0. The average Bonchev–Trinajstić information content (AvgIpc) is 2.79. The minimum Gasteiger partial charge on any atom is -0.410 e. The Kier molecular flexibility index (Phi) is 8.44. The number of hydrogen-bond acceptors (Lipinski definition) is 5. The molecule has 7 nitrogen and oxygen atoms in total. The van der Waals surface area contributed by atoms with Gasteiger partial charge >= 0.3 is 6.09 Å². The first-order valence-corrected chi connectivity index (χ1v) is 10.7. The van der Waals surface area contributed by atoms with Gasteiger partial charge in [-0.2, -0.15) is 0 Å². The van der Waals surface area contributed by atoms with Crippen molar-refractivity contribution in [2.75, 3.05) is 19.8 Å². The zero-order valence-corrected chi connectivity index (χ0v) is 18.0. The minimum atomic E-state index is -0.474. The summed E-state index contributed by atoms with van der Waals surface area (Å²) in [5.74, 6) is 0.509. The van der Waals surface area contributed by atoms with Gasteiger partial charge in [0.15, 0.2) is 0 Å². The Bertz CT molecular complexity index is 810.